The van der Waals surface area contributed by atoms with Gasteiger partial charge in [0.1, 0.15) is 0 Å². The average Bonchev–Trinajstić information content (AvgIpc) is 3.27. The van der Waals surface area contributed by atoms with Gasteiger partial charge in [-0.15, -0.1) is 0 Å². The van der Waals surface area contributed by atoms with Gasteiger partial charge in [-0.1, -0.05) is 23.2 Å². The molecule has 0 spiro atoms. The molecular formula is C20H21Cl2N3O. The highest BCUT2D eigenvalue weighted by Gasteiger charge is 2.45. The Morgan fingerprint density at radius 1 is 1.19 bits per heavy atom. The van der Waals surface area contributed by atoms with Crippen LogP contribution in [-0.2, 0) is 4.79 Å². The molecule has 2 aromatic rings. The molecule has 0 bridgehead atoms. The number of amides is 1. The van der Waals surface area contributed by atoms with E-state index in [1.54, 1.807) is 6.07 Å². The minimum absolute atomic E-state index is 0.0271. The largest absolute Gasteiger partial charge is 0.368 e. The fourth-order valence-corrected chi connectivity index (χ4v) is 4.32. The van der Waals surface area contributed by atoms with Crippen molar-refractivity contribution in [3.63, 3.8) is 0 Å². The molecule has 2 aliphatic rings. The number of aromatic nitrogens is 1. The minimum atomic E-state index is 0.0271. The van der Waals surface area contributed by atoms with Gasteiger partial charge in [0.05, 0.1) is 11.9 Å². The molecular weight excluding hydrogens is 369 g/mol. The zero-order valence-electron chi connectivity index (χ0n) is 14.6. The predicted molar refractivity (Wildman–Crippen MR) is 105 cm³/mol. The molecule has 1 aliphatic carbocycles. The van der Waals surface area contributed by atoms with Crippen LogP contribution in [0.15, 0.2) is 36.7 Å². The Morgan fingerprint density at radius 2 is 1.96 bits per heavy atom. The number of anilines is 1. The topological polar surface area (TPSA) is 45.2 Å². The number of pyridine rings is 1. The van der Waals surface area contributed by atoms with E-state index in [0.717, 1.165) is 42.7 Å². The van der Waals surface area contributed by atoms with E-state index in [1.165, 1.54) is 0 Å². The van der Waals surface area contributed by atoms with Crippen LogP contribution in [-0.4, -0.2) is 30.0 Å². The fraction of sp³-hybridized carbons (Fsp3) is 0.400. The van der Waals surface area contributed by atoms with E-state index in [4.69, 9.17) is 23.2 Å². The van der Waals surface area contributed by atoms with Crippen LogP contribution in [0.4, 0.5) is 5.69 Å². The molecule has 2 unspecified atom stereocenters. The molecule has 2 heterocycles. The lowest BCUT2D eigenvalue weighted by Crippen LogP contribution is -2.38. The number of rotatable bonds is 4. The summed E-state index contributed by atoms with van der Waals surface area (Å²) in [5, 5.41) is 4.46. The van der Waals surface area contributed by atoms with Gasteiger partial charge in [-0.25, -0.2) is 0 Å². The molecule has 1 N–H and O–H groups in total. The molecule has 0 radical (unpaired) electrons. The summed E-state index contributed by atoms with van der Waals surface area (Å²) in [4.78, 5) is 19.1. The highest BCUT2D eigenvalue weighted by molar-refractivity contribution is 6.34. The molecule has 4 rings (SSSR count). The molecule has 1 aromatic heterocycles. The van der Waals surface area contributed by atoms with Crippen molar-refractivity contribution >= 4 is 34.8 Å². The maximum Gasteiger partial charge on any atom is 0.224 e. The van der Waals surface area contributed by atoms with Crippen LogP contribution >= 0.6 is 23.2 Å². The Hall–Kier alpha value is -1.78. The van der Waals surface area contributed by atoms with Gasteiger partial charge >= 0.3 is 0 Å². The number of benzene rings is 1. The summed E-state index contributed by atoms with van der Waals surface area (Å²) in [6.45, 7) is 3.81. The summed E-state index contributed by atoms with van der Waals surface area (Å²) in [7, 11) is 0. The van der Waals surface area contributed by atoms with Crippen molar-refractivity contribution in [2.45, 2.75) is 31.7 Å². The summed E-state index contributed by atoms with van der Waals surface area (Å²) in [5.74, 6) is 0.393. The Kier molecular flexibility index (Phi) is 4.80. The average molecular weight is 390 g/mol. The number of halogens is 2. The third-order valence-corrected chi connectivity index (χ3v) is 5.64. The molecule has 4 nitrogen and oxygen atoms in total. The Balaban J connectivity index is 1.33. The van der Waals surface area contributed by atoms with Crippen molar-refractivity contribution in [2.75, 3.05) is 18.0 Å². The van der Waals surface area contributed by atoms with Crippen LogP contribution < -0.4 is 10.2 Å². The Bertz CT molecular complexity index is 821. The van der Waals surface area contributed by atoms with Gasteiger partial charge in [-0.05, 0) is 61.1 Å². The lowest BCUT2D eigenvalue weighted by Gasteiger charge is -2.19. The van der Waals surface area contributed by atoms with Crippen molar-refractivity contribution in [2.24, 2.45) is 5.92 Å². The molecule has 1 saturated carbocycles. The number of carbonyl (C=O) groups is 1. The molecule has 3 atom stereocenters. The molecule has 26 heavy (non-hydrogen) atoms. The number of hydrogen-bond donors (Lipinski definition) is 1. The first-order chi connectivity index (χ1) is 12.5. The van der Waals surface area contributed by atoms with Gasteiger partial charge in [0.15, 0.2) is 0 Å². The Labute approximate surface area is 163 Å². The maximum atomic E-state index is 12.6. The van der Waals surface area contributed by atoms with E-state index in [0.29, 0.717) is 10.0 Å². The smallest absolute Gasteiger partial charge is 0.224 e. The maximum absolute atomic E-state index is 12.6. The van der Waals surface area contributed by atoms with E-state index >= 15 is 0 Å². The van der Waals surface area contributed by atoms with Gasteiger partial charge in [-0.2, -0.15) is 0 Å². The Morgan fingerprint density at radius 3 is 2.69 bits per heavy atom. The minimum Gasteiger partial charge on any atom is -0.368 e. The number of carbonyl (C=O) groups excluding carboxylic acids is 1. The lowest BCUT2D eigenvalue weighted by molar-refractivity contribution is -0.123. The van der Waals surface area contributed by atoms with Crippen molar-refractivity contribution in [1.29, 1.82) is 0 Å². The third-order valence-electron chi connectivity index (χ3n) is 5.20. The summed E-state index contributed by atoms with van der Waals surface area (Å²) < 4.78 is 0. The quantitative estimate of drug-likeness (QED) is 0.851. The van der Waals surface area contributed by atoms with Crippen molar-refractivity contribution in [3.05, 3.63) is 57.8 Å². The number of hydrogen-bond acceptors (Lipinski definition) is 3. The second-order valence-electron chi connectivity index (χ2n) is 7.31. The van der Waals surface area contributed by atoms with Crippen molar-refractivity contribution < 1.29 is 4.79 Å². The third kappa shape index (κ3) is 3.81. The first-order valence-electron chi connectivity index (χ1n) is 8.92. The van der Waals surface area contributed by atoms with Crippen LogP contribution in [0.1, 0.15) is 29.9 Å². The highest BCUT2D eigenvalue weighted by Crippen LogP contribution is 2.48. The fourth-order valence-electron chi connectivity index (χ4n) is 3.78. The molecule has 6 heteroatoms. The van der Waals surface area contributed by atoms with Crippen LogP contribution in [0.25, 0.3) is 0 Å². The normalized spacial score (nSPS) is 24.6. The van der Waals surface area contributed by atoms with Crippen molar-refractivity contribution in [1.82, 2.24) is 10.3 Å². The first-order valence-corrected chi connectivity index (χ1v) is 9.68. The van der Waals surface area contributed by atoms with Gasteiger partial charge in [-0.3, -0.25) is 9.78 Å². The zero-order valence-corrected chi connectivity index (χ0v) is 16.1. The molecule has 1 aromatic carbocycles. The molecule has 2 fully saturated rings. The van der Waals surface area contributed by atoms with Gasteiger partial charge in [0, 0.05) is 41.3 Å². The van der Waals surface area contributed by atoms with Crippen molar-refractivity contribution in [3.8, 4) is 0 Å². The highest BCUT2D eigenvalue weighted by atomic mass is 35.5. The number of nitrogens with one attached hydrogen (secondary N) is 1. The van der Waals surface area contributed by atoms with Crippen LogP contribution in [0, 0.1) is 12.8 Å². The molecule has 136 valence electrons. The summed E-state index contributed by atoms with van der Waals surface area (Å²) in [6, 6.07) is 7.86. The van der Waals surface area contributed by atoms with Gasteiger partial charge in [0.2, 0.25) is 5.91 Å². The first kappa shape index (κ1) is 17.6. The molecule has 1 aliphatic heterocycles. The van der Waals surface area contributed by atoms with Crippen LogP contribution in [0.5, 0.6) is 0 Å². The monoisotopic (exact) mass is 389 g/mol. The van der Waals surface area contributed by atoms with Crippen LogP contribution in [0.3, 0.4) is 0 Å². The van der Waals surface area contributed by atoms with E-state index < -0.39 is 0 Å². The second-order valence-corrected chi connectivity index (χ2v) is 8.19. The molecule has 1 amide bonds. The molecule has 1 saturated heterocycles. The summed E-state index contributed by atoms with van der Waals surface area (Å²) in [5.41, 5.74) is 3.33. The number of aryl methyl sites for hydroxylation is 1. The van der Waals surface area contributed by atoms with E-state index in [2.05, 4.69) is 21.3 Å². The second kappa shape index (κ2) is 7.09. The van der Waals surface area contributed by atoms with E-state index in [9.17, 15) is 4.79 Å². The van der Waals surface area contributed by atoms with E-state index in [-0.39, 0.29) is 23.8 Å². The standard InChI is InChI=1S/C20H21Cl2N3O/c1-12-4-17(10-23-9-12)25-3-2-16(11-25)24-20(26)19-8-18(19)13-5-14(21)7-15(22)6-13/h4-7,9-10,16,18-19H,2-3,8,11H2,1H3,(H,24,26)/t16-,18?,19?/m1/s1. The lowest BCUT2D eigenvalue weighted by atomic mass is 10.1. The SMILES string of the molecule is Cc1cncc(N2CC[C@@H](NC(=O)C3CC3c3cc(Cl)cc(Cl)c3)C2)c1. The summed E-state index contributed by atoms with van der Waals surface area (Å²) in [6.07, 6.45) is 5.56. The predicted octanol–water partition coefficient (Wildman–Crippen LogP) is 4.20. The zero-order chi connectivity index (χ0) is 18.3. The van der Waals surface area contributed by atoms with Gasteiger partial charge in [0.25, 0.3) is 0 Å². The van der Waals surface area contributed by atoms with Crippen LogP contribution in [0.2, 0.25) is 10.0 Å². The number of nitrogens with zero attached hydrogens (tertiary/aromatic N) is 2. The summed E-state index contributed by atoms with van der Waals surface area (Å²) >= 11 is 12.2. The van der Waals surface area contributed by atoms with Gasteiger partial charge < -0.3 is 10.2 Å². The van der Waals surface area contributed by atoms with E-state index in [1.807, 2.05) is 31.5 Å².